The highest BCUT2D eigenvalue weighted by molar-refractivity contribution is 5.07. The molecular weight excluding hydrogens is 226 g/mol. The first-order valence-electron chi connectivity index (χ1n) is 7.44. The van der Waals surface area contributed by atoms with Gasteiger partial charge in [0.2, 0.25) is 5.89 Å². The lowest BCUT2D eigenvalue weighted by molar-refractivity contribution is 0.298. The molecule has 4 rings (SSSR count). The predicted molar refractivity (Wildman–Crippen MR) is 67.3 cm³/mol. The number of piperidine rings is 1. The van der Waals surface area contributed by atoms with E-state index in [-0.39, 0.29) is 0 Å². The average Bonchev–Trinajstić information content (AvgIpc) is 3.15. The Labute approximate surface area is 108 Å². The van der Waals surface area contributed by atoms with E-state index in [0.717, 1.165) is 36.6 Å². The molecule has 3 fully saturated rings. The van der Waals surface area contributed by atoms with Crippen LogP contribution < -0.4 is 5.32 Å². The summed E-state index contributed by atoms with van der Waals surface area (Å²) in [4.78, 5) is 4.72. The monoisotopic (exact) mass is 247 g/mol. The van der Waals surface area contributed by atoms with Crippen molar-refractivity contribution in [2.24, 2.45) is 11.8 Å². The molecule has 4 unspecified atom stereocenters. The van der Waals surface area contributed by atoms with Crippen LogP contribution in [0, 0.1) is 11.8 Å². The van der Waals surface area contributed by atoms with Crippen LogP contribution in [0.4, 0.5) is 0 Å². The van der Waals surface area contributed by atoms with Crippen molar-refractivity contribution in [1.29, 1.82) is 0 Å². The zero-order chi connectivity index (χ0) is 11.9. The number of aromatic nitrogens is 2. The predicted octanol–water partition coefficient (Wildman–Crippen LogP) is 2.44. The summed E-state index contributed by atoms with van der Waals surface area (Å²) in [6.45, 7) is 2.14. The topological polar surface area (TPSA) is 51.0 Å². The fourth-order valence-electron chi connectivity index (χ4n) is 4.18. The summed E-state index contributed by atoms with van der Waals surface area (Å²) in [5, 5.41) is 7.66. The van der Waals surface area contributed by atoms with E-state index in [4.69, 9.17) is 9.51 Å². The summed E-state index contributed by atoms with van der Waals surface area (Å²) in [6.07, 6.45) is 7.90. The molecule has 2 saturated carbocycles. The summed E-state index contributed by atoms with van der Waals surface area (Å²) in [5.41, 5.74) is 0. The lowest BCUT2D eigenvalue weighted by Gasteiger charge is -2.19. The number of rotatable bonds is 2. The number of hydrogen-bond acceptors (Lipinski definition) is 4. The third-order valence-corrected chi connectivity index (χ3v) is 5.17. The van der Waals surface area contributed by atoms with Crippen molar-refractivity contribution in [3.8, 4) is 0 Å². The number of fused-ring (bicyclic) bond motifs is 2. The van der Waals surface area contributed by atoms with E-state index in [2.05, 4.69) is 10.5 Å². The van der Waals surface area contributed by atoms with E-state index in [9.17, 15) is 0 Å². The molecule has 2 bridgehead atoms. The van der Waals surface area contributed by atoms with Gasteiger partial charge in [0.25, 0.3) is 0 Å². The second kappa shape index (κ2) is 4.34. The van der Waals surface area contributed by atoms with Crippen LogP contribution in [0.3, 0.4) is 0 Å². The molecule has 0 radical (unpaired) electrons. The average molecular weight is 247 g/mol. The maximum Gasteiger partial charge on any atom is 0.230 e. The molecule has 0 aromatic carbocycles. The minimum Gasteiger partial charge on any atom is -0.339 e. The molecule has 1 aliphatic heterocycles. The first-order chi connectivity index (χ1) is 8.90. The molecule has 1 aromatic heterocycles. The highest BCUT2D eigenvalue weighted by Gasteiger charge is 2.43. The van der Waals surface area contributed by atoms with Gasteiger partial charge in [0.05, 0.1) is 0 Å². The smallest absolute Gasteiger partial charge is 0.230 e. The van der Waals surface area contributed by atoms with Gasteiger partial charge in [-0.1, -0.05) is 11.6 Å². The highest BCUT2D eigenvalue weighted by atomic mass is 16.5. The minimum absolute atomic E-state index is 0.467. The molecule has 4 heteroatoms. The Morgan fingerprint density at radius 2 is 2.17 bits per heavy atom. The highest BCUT2D eigenvalue weighted by Crippen LogP contribution is 2.52. The van der Waals surface area contributed by atoms with Crippen LogP contribution >= 0.6 is 0 Å². The Morgan fingerprint density at radius 1 is 1.17 bits per heavy atom. The molecule has 18 heavy (non-hydrogen) atoms. The van der Waals surface area contributed by atoms with Crippen LogP contribution in [0.2, 0.25) is 0 Å². The van der Waals surface area contributed by atoms with E-state index in [1.165, 1.54) is 38.5 Å². The molecule has 2 heterocycles. The van der Waals surface area contributed by atoms with Gasteiger partial charge in [-0.3, -0.25) is 0 Å². The van der Waals surface area contributed by atoms with Crippen molar-refractivity contribution < 1.29 is 4.52 Å². The summed E-state index contributed by atoms with van der Waals surface area (Å²) in [5.74, 6) is 4.68. The van der Waals surface area contributed by atoms with Crippen molar-refractivity contribution in [2.45, 2.75) is 50.4 Å². The van der Waals surface area contributed by atoms with E-state index in [1.54, 1.807) is 0 Å². The molecule has 1 N–H and O–H groups in total. The zero-order valence-corrected chi connectivity index (χ0v) is 10.8. The van der Waals surface area contributed by atoms with E-state index >= 15 is 0 Å². The van der Waals surface area contributed by atoms with Crippen LogP contribution in [0.25, 0.3) is 0 Å². The second-order valence-electron chi connectivity index (χ2n) is 6.32. The van der Waals surface area contributed by atoms with Gasteiger partial charge in [-0.2, -0.15) is 4.98 Å². The molecule has 98 valence electrons. The molecule has 2 aliphatic carbocycles. The van der Waals surface area contributed by atoms with Gasteiger partial charge in [-0.05, 0) is 50.5 Å². The van der Waals surface area contributed by atoms with Gasteiger partial charge in [-0.15, -0.1) is 0 Å². The maximum atomic E-state index is 5.57. The molecule has 0 amide bonds. The van der Waals surface area contributed by atoms with Crippen LogP contribution in [-0.2, 0) is 0 Å². The van der Waals surface area contributed by atoms with Gasteiger partial charge in [0.15, 0.2) is 5.82 Å². The van der Waals surface area contributed by atoms with Crippen molar-refractivity contribution in [3.63, 3.8) is 0 Å². The van der Waals surface area contributed by atoms with Crippen LogP contribution in [0.15, 0.2) is 4.52 Å². The van der Waals surface area contributed by atoms with E-state index < -0.39 is 0 Å². The third-order valence-electron chi connectivity index (χ3n) is 5.17. The van der Waals surface area contributed by atoms with Crippen molar-refractivity contribution in [3.05, 3.63) is 11.7 Å². The number of hydrogen-bond donors (Lipinski definition) is 1. The maximum absolute atomic E-state index is 5.57. The first-order valence-corrected chi connectivity index (χ1v) is 7.44. The van der Waals surface area contributed by atoms with Crippen LogP contribution in [0.5, 0.6) is 0 Å². The third kappa shape index (κ3) is 1.78. The molecule has 4 atom stereocenters. The molecule has 4 nitrogen and oxygen atoms in total. The molecule has 1 aromatic rings. The van der Waals surface area contributed by atoms with Crippen LogP contribution in [0.1, 0.15) is 62.1 Å². The Kier molecular flexibility index (Phi) is 2.64. The van der Waals surface area contributed by atoms with E-state index in [0.29, 0.717) is 11.8 Å². The number of nitrogens with zero attached hydrogens (tertiary/aromatic N) is 2. The van der Waals surface area contributed by atoms with Crippen LogP contribution in [-0.4, -0.2) is 23.2 Å². The largest absolute Gasteiger partial charge is 0.339 e. The van der Waals surface area contributed by atoms with E-state index in [1.807, 2.05) is 0 Å². The molecule has 0 spiro atoms. The summed E-state index contributed by atoms with van der Waals surface area (Å²) >= 11 is 0. The van der Waals surface area contributed by atoms with Gasteiger partial charge in [0, 0.05) is 18.4 Å². The zero-order valence-electron chi connectivity index (χ0n) is 10.8. The summed E-state index contributed by atoms with van der Waals surface area (Å²) in [7, 11) is 0. The fraction of sp³-hybridized carbons (Fsp3) is 0.857. The Hall–Kier alpha value is -0.900. The fourth-order valence-corrected chi connectivity index (χ4v) is 4.18. The minimum atomic E-state index is 0.467. The van der Waals surface area contributed by atoms with Crippen molar-refractivity contribution in [2.75, 3.05) is 13.1 Å². The van der Waals surface area contributed by atoms with Gasteiger partial charge in [-0.25, -0.2) is 0 Å². The first kappa shape index (κ1) is 11.0. The standard InChI is InChI=1S/C14H21N3O/c1-2-11(8-15-5-1)13-16-14(18-17-13)12-7-9-3-4-10(12)6-9/h9-12,15H,1-8H2. The normalized spacial score (nSPS) is 39.3. The van der Waals surface area contributed by atoms with Crippen molar-refractivity contribution in [1.82, 2.24) is 15.5 Å². The Balaban J connectivity index is 1.51. The SMILES string of the molecule is C1CNCC(c2noc(C3CC4CCC3C4)n2)C1. The number of nitrogens with one attached hydrogen (secondary N) is 1. The Bertz CT molecular complexity index is 424. The molecular formula is C14H21N3O. The van der Waals surface area contributed by atoms with Gasteiger partial charge < -0.3 is 9.84 Å². The van der Waals surface area contributed by atoms with Gasteiger partial charge in [0.1, 0.15) is 0 Å². The summed E-state index contributed by atoms with van der Waals surface area (Å²) < 4.78 is 5.57. The molecule has 1 saturated heterocycles. The van der Waals surface area contributed by atoms with Crippen molar-refractivity contribution >= 4 is 0 Å². The quantitative estimate of drug-likeness (QED) is 0.872. The lowest BCUT2D eigenvalue weighted by Crippen LogP contribution is -2.28. The lowest BCUT2D eigenvalue weighted by atomic mass is 9.89. The van der Waals surface area contributed by atoms with Gasteiger partial charge >= 0.3 is 0 Å². The second-order valence-corrected chi connectivity index (χ2v) is 6.32. The summed E-state index contributed by atoms with van der Waals surface area (Å²) in [6, 6.07) is 0. The molecule has 3 aliphatic rings. The Morgan fingerprint density at radius 3 is 2.89 bits per heavy atom.